The zero-order valence-corrected chi connectivity index (χ0v) is 13.0. The lowest BCUT2D eigenvalue weighted by molar-refractivity contribution is 0.553. The van der Waals surface area contributed by atoms with Gasteiger partial charge in [0.05, 0.1) is 17.8 Å². The van der Waals surface area contributed by atoms with Crippen molar-refractivity contribution in [3.05, 3.63) is 41.2 Å². The van der Waals surface area contributed by atoms with Crippen LogP contribution in [-0.4, -0.2) is 37.0 Å². The molecule has 114 valence electrons. The summed E-state index contributed by atoms with van der Waals surface area (Å²) in [6.07, 6.45) is 3.20. The molecule has 1 aromatic heterocycles. The molecule has 2 rings (SSSR count). The summed E-state index contributed by atoms with van der Waals surface area (Å²) in [6.45, 7) is 1.17. The fourth-order valence-corrected chi connectivity index (χ4v) is 3.36. The quantitative estimate of drug-likeness (QED) is 0.777. The maximum atomic E-state index is 12.3. The van der Waals surface area contributed by atoms with E-state index in [0.717, 1.165) is 5.56 Å². The molecular formula is C12H16ClN5O2S. The first-order valence-electron chi connectivity index (χ1n) is 6.30. The van der Waals surface area contributed by atoms with Gasteiger partial charge in [-0.15, -0.1) is 5.10 Å². The van der Waals surface area contributed by atoms with Gasteiger partial charge in [-0.3, -0.25) is 4.68 Å². The van der Waals surface area contributed by atoms with Gasteiger partial charge < -0.3 is 5.32 Å². The molecule has 0 aliphatic heterocycles. The van der Waals surface area contributed by atoms with E-state index >= 15 is 0 Å². The number of sulfonamides is 1. The molecule has 0 aliphatic rings. The van der Waals surface area contributed by atoms with E-state index in [0.29, 0.717) is 13.1 Å². The number of hydrogen-bond acceptors (Lipinski definition) is 5. The smallest absolute Gasteiger partial charge is 0.242 e. The van der Waals surface area contributed by atoms with E-state index in [1.54, 1.807) is 36.1 Å². The van der Waals surface area contributed by atoms with Crippen molar-refractivity contribution in [1.82, 2.24) is 25.0 Å². The molecule has 1 aromatic carbocycles. The van der Waals surface area contributed by atoms with Crippen molar-refractivity contribution in [2.45, 2.75) is 18.0 Å². The second-order valence-electron chi connectivity index (χ2n) is 4.36. The van der Waals surface area contributed by atoms with Crippen LogP contribution in [0.25, 0.3) is 0 Å². The minimum atomic E-state index is -3.66. The SMILES string of the molecule is CNCc1ccc(Cl)c(S(=O)(=O)NCCn2ccnn2)c1. The number of nitrogens with one attached hydrogen (secondary N) is 2. The fraction of sp³-hybridized carbons (Fsp3) is 0.333. The molecule has 0 atom stereocenters. The maximum Gasteiger partial charge on any atom is 0.242 e. The Hall–Kier alpha value is -1.48. The van der Waals surface area contributed by atoms with Crippen molar-refractivity contribution in [2.75, 3.05) is 13.6 Å². The molecular weight excluding hydrogens is 314 g/mol. The number of nitrogens with zero attached hydrogens (tertiary/aromatic N) is 3. The summed E-state index contributed by atoms with van der Waals surface area (Å²) in [5.74, 6) is 0. The fourth-order valence-electron chi connectivity index (χ4n) is 1.79. The summed E-state index contributed by atoms with van der Waals surface area (Å²) in [7, 11) is -1.87. The van der Waals surface area contributed by atoms with Crippen molar-refractivity contribution in [2.24, 2.45) is 0 Å². The van der Waals surface area contributed by atoms with Gasteiger partial charge in [-0.05, 0) is 24.7 Å². The molecule has 0 saturated carbocycles. The Labute approximate surface area is 128 Å². The van der Waals surface area contributed by atoms with E-state index in [9.17, 15) is 8.42 Å². The van der Waals surface area contributed by atoms with Gasteiger partial charge in [-0.1, -0.05) is 22.9 Å². The number of benzene rings is 1. The molecule has 21 heavy (non-hydrogen) atoms. The Balaban J connectivity index is 2.09. The molecule has 0 saturated heterocycles. The van der Waals surface area contributed by atoms with Gasteiger partial charge in [0.25, 0.3) is 0 Å². The van der Waals surface area contributed by atoms with Crippen LogP contribution in [0.1, 0.15) is 5.56 Å². The van der Waals surface area contributed by atoms with Gasteiger partial charge in [-0.25, -0.2) is 13.1 Å². The van der Waals surface area contributed by atoms with Crippen molar-refractivity contribution in [1.29, 1.82) is 0 Å². The predicted octanol–water partition coefficient (Wildman–Crippen LogP) is 0.629. The summed E-state index contributed by atoms with van der Waals surface area (Å²) < 4.78 is 28.6. The Morgan fingerprint density at radius 1 is 1.38 bits per heavy atom. The summed E-state index contributed by atoms with van der Waals surface area (Å²) in [5, 5.41) is 10.6. The highest BCUT2D eigenvalue weighted by atomic mass is 35.5. The largest absolute Gasteiger partial charge is 0.316 e. The molecule has 0 aliphatic carbocycles. The lowest BCUT2D eigenvalue weighted by Crippen LogP contribution is -2.28. The lowest BCUT2D eigenvalue weighted by Gasteiger charge is -2.10. The van der Waals surface area contributed by atoms with E-state index in [1.807, 2.05) is 0 Å². The highest BCUT2D eigenvalue weighted by Crippen LogP contribution is 2.22. The van der Waals surface area contributed by atoms with E-state index in [4.69, 9.17) is 11.6 Å². The highest BCUT2D eigenvalue weighted by molar-refractivity contribution is 7.89. The van der Waals surface area contributed by atoms with Gasteiger partial charge in [0.15, 0.2) is 0 Å². The Morgan fingerprint density at radius 3 is 2.86 bits per heavy atom. The average molecular weight is 330 g/mol. The second kappa shape index (κ2) is 6.99. The van der Waals surface area contributed by atoms with Crippen LogP contribution >= 0.6 is 11.6 Å². The average Bonchev–Trinajstić information content (AvgIpc) is 2.94. The van der Waals surface area contributed by atoms with Crippen molar-refractivity contribution >= 4 is 21.6 Å². The molecule has 0 radical (unpaired) electrons. The van der Waals surface area contributed by atoms with Crippen LogP contribution in [0.3, 0.4) is 0 Å². The van der Waals surface area contributed by atoms with Crippen LogP contribution in [0.4, 0.5) is 0 Å². The molecule has 0 fully saturated rings. The molecule has 2 aromatic rings. The maximum absolute atomic E-state index is 12.3. The number of rotatable bonds is 7. The third-order valence-corrected chi connectivity index (χ3v) is 4.71. The van der Waals surface area contributed by atoms with Gasteiger partial charge in [0.2, 0.25) is 10.0 Å². The van der Waals surface area contributed by atoms with Crippen molar-refractivity contribution < 1.29 is 8.42 Å². The van der Waals surface area contributed by atoms with Gasteiger partial charge in [0.1, 0.15) is 4.90 Å². The van der Waals surface area contributed by atoms with Gasteiger partial charge in [-0.2, -0.15) is 0 Å². The summed E-state index contributed by atoms with van der Waals surface area (Å²) in [6, 6.07) is 4.93. The number of aromatic nitrogens is 3. The van der Waals surface area contributed by atoms with Crippen LogP contribution in [0.5, 0.6) is 0 Å². The van der Waals surface area contributed by atoms with E-state index < -0.39 is 10.0 Å². The van der Waals surface area contributed by atoms with Crippen molar-refractivity contribution in [3.8, 4) is 0 Å². The van der Waals surface area contributed by atoms with Crippen LogP contribution in [0.15, 0.2) is 35.5 Å². The van der Waals surface area contributed by atoms with E-state index in [2.05, 4.69) is 20.4 Å². The minimum Gasteiger partial charge on any atom is -0.316 e. The zero-order chi connectivity index (χ0) is 15.3. The second-order valence-corrected chi connectivity index (χ2v) is 6.50. The number of halogens is 1. The molecule has 0 amide bonds. The third kappa shape index (κ3) is 4.24. The molecule has 0 spiro atoms. The monoisotopic (exact) mass is 329 g/mol. The Kier molecular flexibility index (Phi) is 5.29. The predicted molar refractivity (Wildman–Crippen MR) is 79.4 cm³/mol. The van der Waals surface area contributed by atoms with E-state index in [-0.39, 0.29) is 16.5 Å². The van der Waals surface area contributed by atoms with Crippen molar-refractivity contribution in [3.63, 3.8) is 0 Å². The third-order valence-electron chi connectivity index (χ3n) is 2.77. The first kappa shape index (κ1) is 15.9. The first-order valence-corrected chi connectivity index (χ1v) is 8.16. The molecule has 1 heterocycles. The summed E-state index contributed by atoms with van der Waals surface area (Å²) in [4.78, 5) is 0.0792. The topological polar surface area (TPSA) is 88.9 Å². The molecule has 7 nitrogen and oxygen atoms in total. The zero-order valence-electron chi connectivity index (χ0n) is 11.5. The van der Waals surface area contributed by atoms with Crippen LogP contribution in [-0.2, 0) is 23.1 Å². The van der Waals surface area contributed by atoms with Gasteiger partial charge in [0, 0.05) is 19.3 Å². The van der Waals surface area contributed by atoms with Crippen LogP contribution < -0.4 is 10.0 Å². The van der Waals surface area contributed by atoms with Crippen LogP contribution in [0.2, 0.25) is 5.02 Å². The first-order chi connectivity index (χ1) is 10.0. The standard InChI is InChI=1S/C12H16ClN5O2S/c1-14-9-10-2-3-11(13)12(8-10)21(19,20)16-5-7-18-6-4-15-17-18/h2-4,6,8,14,16H,5,7,9H2,1H3. The highest BCUT2D eigenvalue weighted by Gasteiger charge is 2.18. The molecule has 0 unspecified atom stereocenters. The summed E-state index contributed by atoms with van der Waals surface area (Å²) >= 11 is 5.99. The molecule has 9 heteroatoms. The molecule has 0 bridgehead atoms. The molecule has 2 N–H and O–H groups in total. The number of hydrogen-bond donors (Lipinski definition) is 2. The lowest BCUT2D eigenvalue weighted by atomic mass is 10.2. The summed E-state index contributed by atoms with van der Waals surface area (Å²) in [5.41, 5.74) is 0.846. The normalized spacial score (nSPS) is 11.7. The Morgan fingerprint density at radius 2 is 2.19 bits per heavy atom. The van der Waals surface area contributed by atoms with Crippen LogP contribution in [0, 0.1) is 0 Å². The van der Waals surface area contributed by atoms with Gasteiger partial charge >= 0.3 is 0 Å². The van der Waals surface area contributed by atoms with E-state index in [1.165, 1.54) is 6.20 Å². The Bertz CT molecular complexity index is 688. The minimum absolute atomic E-state index is 0.0792.